The first kappa shape index (κ1) is 17.6. The van der Waals surface area contributed by atoms with Crippen molar-refractivity contribution in [2.45, 2.75) is 19.0 Å². The van der Waals surface area contributed by atoms with Crippen LogP contribution in [0.5, 0.6) is 5.75 Å². The van der Waals surface area contributed by atoms with Crippen LogP contribution in [-0.4, -0.2) is 22.8 Å². The van der Waals surface area contributed by atoms with Crippen molar-refractivity contribution in [3.63, 3.8) is 0 Å². The molecule has 1 aromatic carbocycles. The van der Waals surface area contributed by atoms with E-state index in [9.17, 15) is 10.1 Å². The molecule has 5 nitrogen and oxygen atoms in total. The molecule has 0 atom stereocenters. The minimum absolute atomic E-state index is 0.0182. The van der Waals surface area contributed by atoms with Gasteiger partial charge in [-0.3, -0.25) is 4.79 Å². The van der Waals surface area contributed by atoms with E-state index in [1.54, 1.807) is 0 Å². The molecular weight excluding hydrogens is 378 g/mol. The number of aromatic amines is 1. The van der Waals surface area contributed by atoms with Gasteiger partial charge in [0.25, 0.3) is 5.56 Å². The van der Waals surface area contributed by atoms with Crippen LogP contribution in [0.4, 0.5) is 0 Å². The summed E-state index contributed by atoms with van der Waals surface area (Å²) < 4.78 is 6.65. The smallest absolute Gasteiger partial charge is 0.270 e. The maximum atomic E-state index is 12.1. The molecule has 1 N–H and O–H groups in total. The Morgan fingerprint density at radius 3 is 2.83 bits per heavy atom. The van der Waals surface area contributed by atoms with E-state index in [1.807, 2.05) is 30.5 Å². The third kappa shape index (κ3) is 4.15. The van der Waals surface area contributed by atoms with E-state index in [1.165, 1.54) is 11.8 Å². The molecule has 7 heteroatoms. The first-order chi connectivity index (χ1) is 11.0. The number of benzene rings is 1. The number of ether oxygens (including phenoxy) is 1. The van der Waals surface area contributed by atoms with Crippen molar-refractivity contribution in [2.75, 3.05) is 12.9 Å². The highest BCUT2D eigenvalue weighted by atomic mass is 79.9. The number of nitriles is 1. The zero-order valence-corrected chi connectivity index (χ0v) is 15.4. The molecule has 0 saturated heterocycles. The fourth-order valence-electron chi connectivity index (χ4n) is 1.92. The van der Waals surface area contributed by atoms with E-state index < -0.39 is 5.56 Å². The van der Waals surface area contributed by atoms with Gasteiger partial charge in [0.15, 0.2) is 5.16 Å². The molecule has 0 radical (unpaired) electrons. The quantitative estimate of drug-likeness (QED) is 0.616. The molecule has 23 heavy (non-hydrogen) atoms. The molecule has 2 aromatic rings. The van der Waals surface area contributed by atoms with Crippen LogP contribution in [-0.2, 0) is 0 Å². The van der Waals surface area contributed by atoms with E-state index in [2.05, 4.69) is 39.7 Å². The lowest BCUT2D eigenvalue weighted by molar-refractivity contribution is 0.272. The third-order valence-electron chi connectivity index (χ3n) is 2.97. The maximum Gasteiger partial charge on any atom is 0.270 e. The number of hydrogen-bond donors (Lipinski definition) is 1. The molecule has 1 heterocycles. The van der Waals surface area contributed by atoms with Crippen LogP contribution < -0.4 is 10.3 Å². The van der Waals surface area contributed by atoms with Crippen LogP contribution in [0.2, 0.25) is 0 Å². The summed E-state index contributed by atoms with van der Waals surface area (Å²) in [5.41, 5.74) is 0.491. The number of rotatable bonds is 5. The molecule has 0 fully saturated rings. The van der Waals surface area contributed by atoms with Crippen molar-refractivity contribution < 1.29 is 4.74 Å². The number of hydrogen-bond acceptors (Lipinski definition) is 5. The number of H-pyrrole nitrogens is 1. The highest BCUT2D eigenvalue weighted by Gasteiger charge is 2.17. The summed E-state index contributed by atoms with van der Waals surface area (Å²) in [6.45, 7) is 4.64. The molecule has 120 valence electrons. The Labute approximate surface area is 147 Å². The zero-order valence-electron chi connectivity index (χ0n) is 13.0. The Morgan fingerprint density at radius 2 is 2.22 bits per heavy atom. The molecule has 0 unspecified atom stereocenters. The van der Waals surface area contributed by atoms with E-state index in [4.69, 9.17) is 4.74 Å². The summed E-state index contributed by atoms with van der Waals surface area (Å²) in [5.74, 6) is 0.958. The molecule has 0 spiro atoms. The second-order valence-corrected chi connectivity index (χ2v) is 6.97. The molecule has 0 aliphatic heterocycles. The van der Waals surface area contributed by atoms with Gasteiger partial charge in [0, 0.05) is 10.0 Å². The predicted molar refractivity (Wildman–Crippen MR) is 94.8 cm³/mol. The van der Waals surface area contributed by atoms with Gasteiger partial charge in [-0.1, -0.05) is 41.5 Å². The van der Waals surface area contributed by atoms with E-state index in [0.717, 1.165) is 4.47 Å². The van der Waals surface area contributed by atoms with Gasteiger partial charge < -0.3 is 9.72 Å². The Bertz CT molecular complexity index is 812. The van der Waals surface area contributed by atoms with Crippen molar-refractivity contribution in [1.82, 2.24) is 9.97 Å². The molecule has 0 saturated carbocycles. The van der Waals surface area contributed by atoms with Crippen LogP contribution in [0, 0.1) is 17.2 Å². The van der Waals surface area contributed by atoms with Crippen molar-refractivity contribution >= 4 is 27.7 Å². The average Bonchev–Trinajstić information content (AvgIpc) is 2.52. The summed E-state index contributed by atoms with van der Waals surface area (Å²) in [5, 5.41) is 9.79. The highest BCUT2D eigenvalue weighted by molar-refractivity contribution is 9.10. The lowest BCUT2D eigenvalue weighted by Gasteiger charge is -2.14. The number of nitrogens with zero attached hydrogens (tertiary/aromatic N) is 2. The fraction of sp³-hybridized carbons (Fsp3) is 0.312. The van der Waals surface area contributed by atoms with Crippen molar-refractivity contribution in [3.05, 3.63) is 38.6 Å². The standard InChI is InChI=1S/C16H16BrN3O2S/c1-9(2)8-22-13-5-4-10(17)6-11(13)14-12(7-18)15(21)20-16(19-14)23-3/h4-6,9H,8H2,1-3H3,(H,19,20,21). The second kappa shape index (κ2) is 7.66. The van der Waals surface area contributed by atoms with Crippen LogP contribution in [0.3, 0.4) is 0 Å². The summed E-state index contributed by atoms with van der Waals surface area (Å²) >= 11 is 4.73. The minimum Gasteiger partial charge on any atom is -0.493 e. The van der Waals surface area contributed by atoms with Crippen molar-refractivity contribution in [3.8, 4) is 23.1 Å². The van der Waals surface area contributed by atoms with Gasteiger partial charge in [-0.25, -0.2) is 4.98 Å². The predicted octanol–water partition coefficient (Wildman–Crippen LogP) is 3.83. The summed E-state index contributed by atoms with van der Waals surface area (Å²) in [7, 11) is 0. The van der Waals surface area contributed by atoms with E-state index in [0.29, 0.717) is 34.7 Å². The Kier molecular flexibility index (Phi) is 5.85. The zero-order chi connectivity index (χ0) is 17.0. The van der Waals surface area contributed by atoms with Gasteiger partial charge in [-0.15, -0.1) is 0 Å². The topological polar surface area (TPSA) is 78.8 Å². The van der Waals surface area contributed by atoms with Crippen molar-refractivity contribution in [2.24, 2.45) is 5.92 Å². The number of nitrogens with one attached hydrogen (secondary N) is 1. The van der Waals surface area contributed by atoms with Crippen molar-refractivity contribution in [1.29, 1.82) is 5.26 Å². The van der Waals surface area contributed by atoms with Gasteiger partial charge in [0.05, 0.1) is 6.61 Å². The Balaban J connectivity index is 2.65. The largest absolute Gasteiger partial charge is 0.493 e. The Morgan fingerprint density at radius 1 is 1.48 bits per heavy atom. The lowest BCUT2D eigenvalue weighted by atomic mass is 10.1. The maximum absolute atomic E-state index is 12.1. The monoisotopic (exact) mass is 393 g/mol. The first-order valence-corrected chi connectivity index (χ1v) is 8.99. The summed E-state index contributed by atoms with van der Waals surface area (Å²) in [4.78, 5) is 19.1. The van der Waals surface area contributed by atoms with E-state index >= 15 is 0 Å². The van der Waals surface area contributed by atoms with Gasteiger partial charge in [0.1, 0.15) is 23.1 Å². The molecule has 0 amide bonds. The first-order valence-electron chi connectivity index (χ1n) is 6.97. The summed E-state index contributed by atoms with van der Waals surface area (Å²) in [6, 6.07) is 7.41. The number of aromatic nitrogens is 2. The number of halogens is 1. The molecule has 0 bridgehead atoms. The van der Waals surface area contributed by atoms with Crippen LogP contribution >= 0.6 is 27.7 Å². The van der Waals surface area contributed by atoms with Crippen LogP contribution in [0.25, 0.3) is 11.3 Å². The number of thioether (sulfide) groups is 1. The Hall–Kier alpha value is -1.78. The van der Waals surface area contributed by atoms with Gasteiger partial charge in [0.2, 0.25) is 0 Å². The second-order valence-electron chi connectivity index (χ2n) is 5.26. The lowest BCUT2D eigenvalue weighted by Crippen LogP contribution is -2.15. The molecule has 0 aliphatic carbocycles. The third-order valence-corrected chi connectivity index (χ3v) is 4.05. The molecule has 2 rings (SSSR count). The minimum atomic E-state index is -0.448. The van der Waals surface area contributed by atoms with Crippen LogP contribution in [0.15, 0.2) is 32.6 Å². The fourth-order valence-corrected chi connectivity index (χ4v) is 2.66. The van der Waals surface area contributed by atoms with Gasteiger partial charge >= 0.3 is 0 Å². The normalized spacial score (nSPS) is 10.6. The van der Waals surface area contributed by atoms with E-state index in [-0.39, 0.29) is 5.56 Å². The average molecular weight is 394 g/mol. The molecular formula is C16H16BrN3O2S. The molecule has 1 aromatic heterocycles. The van der Waals surface area contributed by atoms with Gasteiger partial charge in [-0.2, -0.15) is 5.26 Å². The SMILES string of the molecule is CSc1nc(-c2cc(Br)ccc2OCC(C)C)c(C#N)c(=O)[nH]1. The summed E-state index contributed by atoms with van der Waals surface area (Å²) in [6.07, 6.45) is 1.81. The van der Waals surface area contributed by atoms with Gasteiger partial charge in [-0.05, 0) is 30.4 Å². The van der Waals surface area contributed by atoms with Crippen LogP contribution in [0.1, 0.15) is 19.4 Å². The molecule has 0 aliphatic rings. The highest BCUT2D eigenvalue weighted by Crippen LogP contribution is 2.33.